The highest BCUT2D eigenvalue weighted by atomic mass is 16.7. The molecule has 0 aromatic heterocycles. The van der Waals surface area contributed by atoms with Crippen molar-refractivity contribution in [1.82, 2.24) is 0 Å². The van der Waals surface area contributed by atoms with Gasteiger partial charge in [-0.05, 0) is 31.6 Å². The molecule has 1 aliphatic carbocycles. The molecule has 2 unspecified atom stereocenters. The van der Waals surface area contributed by atoms with Gasteiger partial charge in [-0.1, -0.05) is 19.1 Å². The summed E-state index contributed by atoms with van der Waals surface area (Å²) in [5.41, 5.74) is 0. The van der Waals surface area contributed by atoms with Gasteiger partial charge in [0.15, 0.2) is 0 Å². The first-order valence-corrected chi connectivity index (χ1v) is 5.13. The normalized spacial score (nSPS) is 27.6. The van der Waals surface area contributed by atoms with E-state index in [0.717, 1.165) is 25.7 Å². The van der Waals surface area contributed by atoms with Crippen molar-refractivity contribution in [1.29, 1.82) is 0 Å². The summed E-state index contributed by atoms with van der Waals surface area (Å²) in [6.07, 6.45) is 7.81. The number of hydrogen-bond acceptors (Lipinski definition) is 3. The Morgan fingerprint density at radius 2 is 1.93 bits per heavy atom. The second-order valence-corrected chi connectivity index (χ2v) is 3.71. The first-order valence-electron chi connectivity index (χ1n) is 5.13. The van der Waals surface area contributed by atoms with Crippen molar-refractivity contribution in [2.24, 2.45) is 5.92 Å². The van der Waals surface area contributed by atoms with Gasteiger partial charge in [-0.3, -0.25) is 0 Å². The van der Waals surface area contributed by atoms with E-state index in [1.165, 1.54) is 7.11 Å². The van der Waals surface area contributed by atoms with Crippen LogP contribution >= 0.6 is 0 Å². The van der Waals surface area contributed by atoms with Crippen LogP contribution in [0.15, 0.2) is 12.2 Å². The highest BCUT2D eigenvalue weighted by Gasteiger charge is 2.21. The van der Waals surface area contributed by atoms with Crippen LogP contribution in [0.3, 0.4) is 0 Å². The van der Waals surface area contributed by atoms with Gasteiger partial charge in [-0.15, -0.1) is 0 Å². The molecule has 3 nitrogen and oxygen atoms in total. The molecule has 3 heteroatoms. The molecular weight excluding hydrogens is 180 g/mol. The number of rotatable bonds is 1. The van der Waals surface area contributed by atoms with Gasteiger partial charge >= 0.3 is 6.16 Å². The standard InChI is InChI=1S/C11H18O3/c1-9-7-5-3-4-6-8-10(9)14-11(12)13-2/h3-4,9-10H,5-8H2,1-2H3. The summed E-state index contributed by atoms with van der Waals surface area (Å²) in [5, 5.41) is 0. The zero-order chi connectivity index (χ0) is 10.4. The highest BCUT2D eigenvalue weighted by Crippen LogP contribution is 2.21. The predicted octanol–water partition coefficient (Wildman–Crippen LogP) is 2.90. The molecule has 0 saturated heterocycles. The highest BCUT2D eigenvalue weighted by molar-refractivity contribution is 5.59. The second kappa shape index (κ2) is 5.68. The Hall–Kier alpha value is -0.990. The van der Waals surface area contributed by atoms with Crippen LogP contribution in [0, 0.1) is 5.92 Å². The molecule has 2 atom stereocenters. The van der Waals surface area contributed by atoms with Crippen molar-refractivity contribution in [3.8, 4) is 0 Å². The van der Waals surface area contributed by atoms with Gasteiger partial charge in [0, 0.05) is 0 Å². The fourth-order valence-corrected chi connectivity index (χ4v) is 1.67. The summed E-state index contributed by atoms with van der Waals surface area (Å²) >= 11 is 0. The van der Waals surface area contributed by atoms with Crippen LogP contribution in [-0.2, 0) is 9.47 Å². The number of hydrogen-bond donors (Lipinski definition) is 0. The van der Waals surface area contributed by atoms with Gasteiger partial charge < -0.3 is 9.47 Å². The first-order chi connectivity index (χ1) is 6.74. The smallest absolute Gasteiger partial charge is 0.438 e. The molecule has 0 spiro atoms. The molecule has 0 heterocycles. The molecule has 0 amide bonds. The maximum Gasteiger partial charge on any atom is 0.508 e. The summed E-state index contributed by atoms with van der Waals surface area (Å²) in [5.74, 6) is 0.416. The lowest BCUT2D eigenvalue weighted by Crippen LogP contribution is -2.25. The van der Waals surface area contributed by atoms with E-state index in [-0.39, 0.29) is 6.10 Å². The molecule has 14 heavy (non-hydrogen) atoms. The summed E-state index contributed by atoms with van der Waals surface area (Å²) in [6.45, 7) is 2.12. The van der Waals surface area contributed by atoms with E-state index in [9.17, 15) is 4.79 Å². The van der Waals surface area contributed by atoms with Crippen molar-refractivity contribution >= 4 is 6.16 Å². The van der Waals surface area contributed by atoms with Crippen LogP contribution in [0.2, 0.25) is 0 Å². The van der Waals surface area contributed by atoms with E-state index in [2.05, 4.69) is 23.8 Å². The Labute approximate surface area is 85.1 Å². The first kappa shape index (κ1) is 11.1. The monoisotopic (exact) mass is 198 g/mol. The van der Waals surface area contributed by atoms with Gasteiger partial charge in [0.05, 0.1) is 7.11 Å². The Morgan fingerprint density at radius 3 is 2.57 bits per heavy atom. The Kier molecular flexibility index (Phi) is 4.50. The van der Waals surface area contributed by atoms with Crippen molar-refractivity contribution in [3.05, 3.63) is 12.2 Å². The number of methoxy groups -OCH3 is 1. The zero-order valence-corrected chi connectivity index (χ0v) is 8.86. The quantitative estimate of drug-likeness (QED) is 0.480. The fourth-order valence-electron chi connectivity index (χ4n) is 1.67. The molecule has 0 aromatic rings. The van der Waals surface area contributed by atoms with Gasteiger partial charge in [0.25, 0.3) is 0 Å². The molecule has 0 bridgehead atoms. The number of allylic oxidation sites excluding steroid dienone is 2. The van der Waals surface area contributed by atoms with E-state index < -0.39 is 6.16 Å². The largest absolute Gasteiger partial charge is 0.508 e. The minimum absolute atomic E-state index is 0.00685. The van der Waals surface area contributed by atoms with E-state index in [1.807, 2.05) is 0 Å². The van der Waals surface area contributed by atoms with Crippen LogP contribution in [0.1, 0.15) is 32.6 Å². The molecule has 0 saturated carbocycles. The average Bonchev–Trinajstić information content (AvgIpc) is 2.17. The lowest BCUT2D eigenvalue weighted by atomic mass is 9.93. The second-order valence-electron chi connectivity index (χ2n) is 3.71. The third-order valence-corrected chi connectivity index (χ3v) is 2.62. The zero-order valence-electron chi connectivity index (χ0n) is 8.86. The average molecular weight is 198 g/mol. The van der Waals surface area contributed by atoms with Crippen molar-refractivity contribution in [2.45, 2.75) is 38.7 Å². The molecule has 80 valence electrons. The van der Waals surface area contributed by atoms with Crippen LogP contribution in [0.5, 0.6) is 0 Å². The molecule has 0 radical (unpaired) electrons. The molecule has 0 fully saturated rings. The van der Waals surface area contributed by atoms with Gasteiger partial charge in [-0.2, -0.15) is 0 Å². The summed E-state index contributed by atoms with van der Waals surface area (Å²) in [4.78, 5) is 11.0. The number of carbonyl (C=O) groups excluding carboxylic acids is 1. The molecule has 0 aromatic carbocycles. The predicted molar refractivity (Wildman–Crippen MR) is 54.1 cm³/mol. The van der Waals surface area contributed by atoms with E-state index >= 15 is 0 Å². The number of carbonyl (C=O) groups is 1. The minimum atomic E-state index is -0.564. The number of ether oxygens (including phenoxy) is 2. The van der Waals surface area contributed by atoms with E-state index in [1.54, 1.807) is 0 Å². The topological polar surface area (TPSA) is 35.5 Å². The van der Waals surface area contributed by atoms with Crippen molar-refractivity contribution < 1.29 is 14.3 Å². The summed E-state index contributed by atoms with van der Waals surface area (Å²) in [6, 6.07) is 0. The van der Waals surface area contributed by atoms with Crippen LogP contribution in [0.25, 0.3) is 0 Å². The van der Waals surface area contributed by atoms with Crippen LogP contribution in [0.4, 0.5) is 4.79 Å². The van der Waals surface area contributed by atoms with Gasteiger partial charge in [0.2, 0.25) is 0 Å². The summed E-state index contributed by atoms with van der Waals surface area (Å²) in [7, 11) is 1.34. The van der Waals surface area contributed by atoms with Gasteiger partial charge in [0.1, 0.15) is 6.10 Å². The summed E-state index contributed by atoms with van der Waals surface area (Å²) < 4.78 is 9.69. The molecule has 1 aliphatic rings. The Balaban J connectivity index is 2.47. The Morgan fingerprint density at radius 1 is 1.29 bits per heavy atom. The van der Waals surface area contributed by atoms with Gasteiger partial charge in [-0.25, -0.2) is 4.79 Å². The fraction of sp³-hybridized carbons (Fsp3) is 0.727. The maximum absolute atomic E-state index is 11.0. The molecular formula is C11H18O3. The molecule has 0 aliphatic heterocycles. The lowest BCUT2D eigenvalue weighted by molar-refractivity contribution is 0.0109. The minimum Gasteiger partial charge on any atom is -0.438 e. The van der Waals surface area contributed by atoms with Crippen molar-refractivity contribution in [2.75, 3.05) is 7.11 Å². The third kappa shape index (κ3) is 3.40. The van der Waals surface area contributed by atoms with Crippen molar-refractivity contribution in [3.63, 3.8) is 0 Å². The lowest BCUT2D eigenvalue weighted by Gasteiger charge is -2.23. The SMILES string of the molecule is COC(=O)OC1CCC=CCCC1C. The maximum atomic E-state index is 11.0. The van der Waals surface area contributed by atoms with Crippen LogP contribution < -0.4 is 0 Å². The van der Waals surface area contributed by atoms with Crippen LogP contribution in [-0.4, -0.2) is 19.4 Å². The third-order valence-electron chi connectivity index (χ3n) is 2.62. The Bertz CT molecular complexity index is 211. The van der Waals surface area contributed by atoms with E-state index in [0.29, 0.717) is 5.92 Å². The van der Waals surface area contributed by atoms with E-state index in [4.69, 9.17) is 4.74 Å². The molecule has 1 rings (SSSR count). The molecule has 0 N–H and O–H groups in total.